The van der Waals surface area contributed by atoms with E-state index in [1.165, 1.54) is 12.1 Å². The quantitative estimate of drug-likeness (QED) is 0.872. The van der Waals surface area contributed by atoms with E-state index in [0.29, 0.717) is 31.5 Å². The highest BCUT2D eigenvalue weighted by atomic mass is 35.5. The Morgan fingerprint density at radius 2 is 1.61 bits per heavy atom. The second-order valence-corrected chi connectivity index (χ2v) is 4.71. The van der Waals surface area contributed by atoms with Crippen molar-refractivity contribution in [3.63, 3.8) is 0 Å². The zero-order chi connectivity index (χ0) is 12.5. The van der Waals surface area contributed by atoms with Gasteiger partial charge in [-0.2, -0.15) is 0 Å². The van der Waals surface area contributed by atoms with Crippen molar-refractivity contribution in [3.8, 4) is 0 Å². The monoisotopic (exact) mass is 279 g/mol. The standard InChI is InChI=1S/C13H16F3N.ClH/c1-9(13(16)2-4-17-5-3-13)10-6-11(14)8-12(15)7-10;/h6-9,17H,2-5H2,1H3;1H/t9-;/m1./s1. The number of nitrogens with one attached hydrogen (secondary N) is 1. The molecule has 102 valence electrons. The molecule has 18 heavy (non-hydrogen) atoms. The van der Waals surface area contributed by atoms with Crippen LogP contribution in [0.3, 0.4) is 0 Å². The van der Waals surface area contributed by atoms with Gasteiger partial charge < -0.3 is 5.32 Å². The Hall–Kier alpha value is -0.740. The molecule has 0 radical (unpaired) electrons. The number of hydrogen-bond donors (Lipinski definition) is 1. The third-order valence-electron chi connectivity index (χ3n) is 3.60. The Bertz CT molecular complexity index is 385. The van der Waals surface area contributed by atoms with Gasteiger partial charge in [-0.1, -0.05) is 6.92 Å². The number of halogens is 4. The fourth-order valence-corrected chi connectivity index (χ4v) is 2.40. The largest absolute Gasteiger partial charge is 0.316 e. The lowest BCUT2D eigenvalue weighted by Gasteiger charge is -2.35. The first-order chi connectivity index (χ1) is 8.01. The lowest BCUT2D eigenvalue weighted by Crippen LogP contribution is -2.42. The number of piperidine rings is 1. The number of alkyl halides is 1. The van der Waals surface area contributed by atoms with Crippen molar-refractivity contribution < 1.29 is 13.2 Å². The molecule has 1 aromatic rings. The van der Waals surface area contributed by atoms with Crippen molar-refractivity contribution in [2.24, 2.45) is 0 Å². The van der Waals surface area contributed by atoms with Gasteiger partial charge in [-0.3, -0.25) is 0 Å². The summed E-state index contributed by atoms with van der Waals surface area (Å²) in [6, 6.07) is 3.25. The normalized spacial score (nSPS) is 20.0. The summed E-state index contributed by atoms with van der Waals surface area (Å²) >= 11 is 0. The van der Waals surface area contributed by atoms with E-state index in [2.05, 4.69) is 5.32 Å². The van der Waals surface area contributed by atoms with Gasteiger partial charge in [0, 0.05) is 12.0 Å². The molecule has 0 saturated carbocycles. The maximum absolute atomic E-state index is 14.6. The number of rotatable bonds is 2. The van der Waals surface area contributed by atoms with E-state index in [1.807, 2.05) is 0 Å². The van der Waals surface area contributed by atoms with Crippen molar-refractivity contribution in [3.05, 3.63) is 35.4 Å². The van der Waals surface area contributed by atoms with Crippen LogP contribution >= 0.6 is 12.4 Å². The average Bonchev–Trinajstić information content (AvgIpc) is 2.27. The van der Waals surface area contributed by atoms with Crippen molar-refractivity contribution in [1.29, 1.82) is 0 Å². The molecule has 5 heteroatoms. The molecule has 0 aliphatic carbocycles. The lowest BCUT2D eigenvalue weighted by molar-refractivity contribution is 0.0879. The van der Waals surface area contributed by atoms with Gasteiger partial charge in [-0.15, -0.1) is 12.4 Å². The lowest BCUT2D eigenvalue weighted by atomic mass is 9.79. The molecule has 0 bridgehead atoms. The van der Waals surface area contributed by atoms with Gasteiger partial charge in [0.2, 0.25) is 0 Å². The third kappa shape index (κ3) is 3.18. The van der Waals surface area contributed by atoms with Crippen molar-refractivity contribution in [1.82, 2.24) is 5.32 Å². The molecule has 1 aliphatic heterocycles. The van der Waals surface area contributed by atoms with Crippen LogP contribution in [0.1, 0.15) is 31.2 Å². The minimum atomic E-state index is -1.37. The highest BCUT2D eigenvalue weighted by molar-refractivity contribution is 5.85. The van der Waals surface area contributed by atoms with Crippen LogP contribution in [0.15, 0.2) is 18.2 Å². The summed E-state index contributed by atoms with van der Waals surface area (Å²) < 4.78 is 40.8. The molecule has 1 saturated heterocycles. The third-order valence-corrected chi connectivity index (χ3v) is 3.60. The minimum absolute atomic E-state index is 0. The Kier molecular flexibility index (Phi) is 5.05. The van der Waals surface area contributed by atoms with Crippen molar-refractivity contribution in [2.45, 2.75) is 31.4 Å². The van der Waals surface area contributed by atoms with E-state index in [0.717, 1.165) is 6.07 Å². The van der Waals surface area contributed by atoms with Gasteiger partial charge in [0.15, 0.2) is 0 Å². The molecule has 1 fully saturated rings. The first-order valence-corrected chi connectivity index (χ1v) is 5.87. The maximum Gasteiger partial charge on any atom is 0.126 e. The minimum Gasteiger partial charge on any atom is -0.316 e. The fourth-order valence-electron chi connectivity index (χ4n) is 2.40. The molecule has 0 unspecified atom stereocenters. The Morgan fingerprint density at radius 3 is 2.11 bits per heavy atom. The van der Waals surface area contributed by atoms with Gasteiger partial charge in [0.05, 0.1) is 0 Å². The Morgan fingerprint density at radius 1 is 1.11 bits per heavy atom. The van der Waals surface area contributed by atoms with Gasteiger partial charge >= 0.3 is 0 Å². The maximum atomic E-state index is 14.6. The number of hydrogen-bond acceptors (Lipinski definition) is 1. The van der Waals surface area contributed by atoms with Crippen LogP contribution < -0.4 is 5.32 Å². The number of benzene rings is 1. The van der Waals surface area contributed by atoms with Crippen molar-refractivity contribution >= 4 is 12.4 Å². The average molecular weight is 280 g/mol. The molecule has 0 spiro atoms. The van der Waals surface area contributed by atoms with Crippen LogP contribution in [-0.4, -0.2) is 18.8 Å². The topological polar surface area (TPSA) is 12.0 Å². The van der Waals surface area contributed by atoms with Crippen molar-refractivity contribution in [2.75, 3.05) is 13.1 Å². The molecule has 1 nitrogen and oxygen atoms in total. The summed E-state index contributed by atoms with van der Waals surface area (Å²) in [5.74, 6) is -1.79. The summed E-state index contributed by atoms with van der Waals surface area (Å²) in [5, 5.41) is 3.08. The zero-order valence-corrected chi connectivity index (χ0v) is 11.0. The van der Waals surface area contributed by atoms with Crippen LogP contribution in [0.2, 0.25) is 0 Å². The van der Waals surface area contributed by atoms with E-state index < -0.39 is 23.2 Å². The van der Waals surface area contributed by atoms with E-state index in [1.54, 1.807) is 6.92 Å². The predicted octanol–water partition coefficient (Wildman–Crippen LogP) is 3.58. The second-order valence-electron chi connectivity index (χ2n) is 4.71. The van der Waals surface area contributed by atoms with Gasteiger partial charge in [0.25, 0.3) is 0 Å². The Labute approximate surface area is 111 Å². The van der Waals surface area contributed by atoms with Gasteiger partial charge in [0.1, 0.15) is 17.3 Å². The highest BCUT2D eigenvalue weighted by Gasteiger charge is 2.38. The summed E-state index contributed by atoms with van der Waals surface area (Å²) in [5.41, 5.74) is -0.974. The molecule has 1 atom stereocenters. The zero-order valence-electron chi connectivity index (χ0n) is 10.2. The summed E-state index contributed by atoms with van der Waals surface area (Å²) in [4.78, 5) is 0. The predicted molar refractivity (Wildman–Crippen MR) is 68.0 cm³/mol. The van der Waals surface area contributed by atoms with Gasteiger partial charge in [-0.05, 0) is 43.6 Å². The molecular formula is C13H17ClF3N. The van der Waals surface area contributed by atoms with Crippen LogP contribution in [-0.2, 0) is 0 Å². The van der Waals surface area contributed by atoms with Crippen LogP contribution in [0.5, 0.6) is 0 Å². The summed E-state index contributed by atoms with van der Waals surface area (Å²) in [6.07, 6.45) is 0.762. The van der Waals surface area contributed by atoms with E-state index in [9.17, 15) is 13.2 Å². The molecule has 0 aromatic heterocycles. The fraction of sp³-hybridized carbons (Fsp3) is 0.538. The molecule has 1 heterocycles. The van der Waals surface area contributed by atoms with E-state index in [-0.39, 0.29) is 12.4 Å². The van der Waals surface area contributed by atoms with Crippen LogP contribution in [0.25, 0.3) is 0 Å². The molecule has 0 amide bonds. The molecule has 1 aliphatic rings. The van der Waals surface area contributed by atoms with Crippen LogP contribution in [0, 0.1) is 11.6 Å². The molecule has 2 rings (SSSR count). The highest BCUT2D eigenvalue weighted by Crippen LogP contribution is 2.38. The first-order valence-electron chi connectivity index (χ1n) is 5.87. The second kappa shape index (κ2) is 5.93. The smallest absolute Gasteiger partial charge is 0.126 e. The summed E-state index contributed by atoms with van der Waals surface area (Å²) in [7, 11) is 0. The molecule has 1 aromatic carbocycles. The first kappa shape index (κ1) is 15.3. The summed E-state index contributed by atoms with van der Waals surface area (Å²) in [6.45, 7) is 2.91. The SMILES string of the molecule is C[C@H](c1cc(F)cc(F)c1)C1(F)CCNCC1.Cl. The van der Waals surface area contributed by atoms with Crippen LogP contribution in [0.4, 0.5) is 13.2 Å². The van der Waals surface area contributed by atoms with E-state index in [4.69, 9.17) is 0 Å². The van der Waals surface area contributed by atoms with Gasteiger partial charge in [-0.25, -0.2) is 13.2 Å². The molecule has 1 N–H and O–H groups in total. The Balaban J connectivity index is 0.00000162. The van der Waals surface area contributed by atoms with E-state index >= 15 is 0 Å². The molecular weight excluding hydrogens is 263 g/mol.